The van der Waals surface area contributed by atoms with Crippen LogP contribution in [0.1, 0.15) is 18.7 Å². The summed E-state index contributed by atoms with van der Waals surface area (Å²) >= 11 is 1.76. The number of rotatable bonds is 4. The third-order valence-corrected chi connectivity index (χ3v) is 4.45. The molecule has 0 bridgehead atoms. The number of anilines is 2. The van der Waals surface area contributed by atoms with Crippen molar-refractivity contribution in [3.63, 3.8) is 0 Å². The quantitative estimate of drug-likeness (QED) is 0.685. The van der Waals surface area contributed by atoms with Crippen molar-refractivity contribution in [2.24, 2.45) is 0 Å². The van der Waals surface area contributed by atoms with Gasteiger partial charge in [0.1, 0.15) is 5.82 Å². The van der Waals surface area contributed by atoms with Gasteiger partial charge in [0.2, 0.25) is 5.95 Å². The van der Waals surface area contributed by atoms with E-state index in [4.69, 9.17) is 5.73 Å². The number of aromatic amines is 1. The number of nitrogens with one attached hydrogen (secondary N) is 2. The molecule has 0 aliphatic carbocycles. The number of hydrogen-bond donors (Lipinski definition) is 3. The van der Waals surface area contributed by atoms with Gasteiger partial charge >= 0.3 is 0 Å². The van der Waals surface area contributed by atoms with E-state index in [2.05, 4.69) is 56.8 Å². The first-order valence-electron chi connectivity index (χ1n) is 6.31. The molecule has 0 fully saturated rings. The Bertz CT molecular complexity index is 716. The lowest BCUT2D eigenvalue weighted by atomic mass is 9.91. The van der Waals surface area contributed by atoms with Gasteiger partial charge in [-0.1, -0.05) is 19.9 Å². The molecule has 3 rings (SSSR count). The Morgan fingerprint density at radius 1 is 1.40 bits per heavy atom. The fraction of sp³-hybridized carbons (Fsp3) is 0.308. The predicted molar refractivity (Wildman–Crippen MR) is 81.9 cm³/mol. The van der Waals surface area contributed by atoms with Crippen molar-refractivity contribution in [2.75, 3.05) is 17.6 Å². The molecule has 0 radical (unpaired) electrons. The molecule has 0 aromatic carbocycles. The van der Waals surface area contributed by atoms with Crippen molar-refractivity contribution in [1.82, 2.24) is 20.2 Å². The fourth-order valence-corrected chi connectivity index (χ4v) is 2.89. The molecule has 3 aromatic rings. The number of thiophene rings is 1. The molecule has 20 heavy (non-hydrogen) atoms. The highest BCUT2D eigenvalue weighted by atomic mass is 32.1. The minimum absolute atomic E-state index is 0.0178. The van der Waals surface area contributed by atoms with Gasteiger partial charge in [0, 0.05) is 16.8 Å². The Kier molecular flexibility index (Phi) is 3.06. The Labute approximate surface area is 120 Å². The van der Waals surface area contributed by atoms with E-state index in [0.717, 1.165) is 11.9 Å². The minimum atomic E-state index is 0.0178. The largest absolute Gasteiger partial charge is 0.368 e. The zero-order chi connectivity index (χ0) is 14.2. The number of nitrogens with two attached hydrogens (primary N) is 1. The summed E-state index contributed by atoms with van der Waals surface area (Å²) in [4.78, 5) is 9.69. The van der Waals surface area contributed by atoms with Crippen LogP contribution in [0.3, 0.4) is 0 Å². The third kappa shape index (κ3) is 2.32. The van der Waals surface area contributed by atoms with Crippen LogP contribution >= 0.6 is 11.3 Å². The van der Waals surface area contributed by atoms with E-state index in [1.807, 2.05) is 0 Å². The maximum absolute atomic E-state index is 5.71. The van der Waals surface area contributed by atoms with Gasteiger partial charge in [0.25, 0.3) is 0 Å². The van der Waals surface area contributed by atoms with E-state index in [9.17, 15) is 0 Å². The van der Waals surface area contributed by atoms with E-state index >= 15 is 0 Å². The highest BCUT2D eigenvalue weighted by Crippen LogP contribution is 2.28. The van der Waals surface area contributed by atoms with Crippen molar-refractivity contribution in [2.45, 2.75) is 19.3 Å². The molecule has 4 N–H and O–H groups in total. The maximum atomic E-state index is 5.71. The smallest absolute Gasteiger partial charge is 0.224 e. The number of nitrogens with zero attached hydrogens (tertiary/aromatic N) is 3. The van der Waals surface area contributed by atoms with E-state index in [-0.39, 0.29) is 11.4 Å². The van der Waals surface area contributed by atoms with Crippen molar-refractivity contribution >= 4 is 34.1 Å². The Morgan fingerprint density at radius 2 is 2.25 bits per heavy atom. The van der Waals surface area contributed by atoms with Gasteiger partial charge in [0.05, 0.1) is 11.6 Å². The monoisotopic (exact) mass is 288 g/mol. The third-order valence-electron chi connectivity index (χ3n) is 3.21. The molecule has 0 amide bonds. The average Bonchev–Trinajstić information content (AvgIpc) is 3.06. The lowest BCUT2D eigenvalue weighted by Crippen LogP contribution is -2.27. The molecule has 0 aliphatic rings. The van der Waals surface area contributed by atoms with Crippen LogP contribution in [-0.4, -0.2) is 26.7 Å². The second-order valence-electron chi connectivity index (χ2n) is 5.28. The molecule has 104 valence electrons. The lowest BCUT2D eigenvalue weighted by Gasteiger charge is -2.24. The van der Waals surface area contributed by atoms with Gasteiger partial charge in [-0.2, -0.15) is 15.1 Å². The highest BCUT2D eigenvalue weighted by molar-refractivity contribution is 7.10. The van der Waals surface area contributed by atoms with Gasteiger partial charge < -0.3 is 11.1 Å². The molecule has 0 atom stereocenters. The summed E-state index contributed by atoms with van der Waals surface area (Å²) in [6.07, 6.45) is 1.70. The molecule has 0 unspecified atom stereocenters. The zero-order valence-electron chi connectivity index (χ0n) is 11.3. The highest BCUT2D eigenvalue weighted by Gasteiger charge is 2.22. The second-order valence-corrected chi connectivity index (χ2v) is 6.23. The first-order chi connectivity index (χ1) is 9.56. The van der Waals surface area contributed by atoms with Crippen LogP contribution in [-0.2, 0) is 5.41 Å². The molecule has 3 heterocycles. The van der Waals surface area contributed by atoms with E-state index in [1.165, 1.54) is 4.88 Å². The summed E-state index contributed by atoms with van der Waals surface area (Å²) in [7, 11) is 0. The van der Waals surface area contributed by atoms with Gasteiger partial charge in [0.15, 0.2) is 5.65 Å². The summed E-state index contributed by atoms with van der Waals surface area (Å²) in [5, 5.41) is 13.1. The number of fused-ring (bicyclic) bond motifs is 1. The molecular formula is C13H16N6S. The van der Waals surface area contributed by atoms with Crippen LogP contribution in [0.25, 0.3) is 11.0 Å². The molecule has 6 nitrogen and oxygen atoms in total. The number of nitrogen functional groups attached to an aromatic ring is 1. The molecule has 0 saturated carbocycles. The molecule has 7 heteroatoms. The molecule has 0 aliphatic heterocycles. The molecule has 3 aromatic heterocycles. The normalized spacial score (nSPS) is 11.9. The summed E-state index contributed by atoms with van der Waals surface area (Å²) < 4.78 is 0. The summed E-state index contributed by atoms with van der Waals surface area (Å²) in [6.45, 7) is 5.15. The van der Waals surface area contributed by atoms with Gasteiger partial charge in [-0.25, -0.2) is 0 Å². The van der Waals surface area contributed by atoms with Crippen molar-refractivity contribution in [1.29, 1.82) is 0 Å². The average molecular weight is 288 g/mol. The SMILES string of the molecule is CC(C)(CNc1nc(N)nc2[nH]ncc12)c1cccs1. The van der Waals surface area contributed by atoms with Crippen LogP contribution in [0.15, 0.2) is 23.7 Å². The van der Waals surface area contributed by atoms with E-state index < -0.39 is 0 Å². The summed E-state index contributed by atoms with van der Waals surface area (Å²) in [5.41, 5.74) is 6.37. The molecule has 0 saturated heterocycles. The number of hydrogen-bond acceptors (Lipinski definition) is 6. The van der Waals surface area contributed by atoms with Crippen molar-refractivity contribution < 1.29 is 0 Å². The number of H-pyrrole nitrogens is 1. The standard InChI is InChI=1S/C13H16N6S/c1-13(2,9-4-3-5-20-9)7-15-10-8-6-16-19-11(8)18-12(14)17-10/h3-6H,7H2,1-2H3,(H4,14,15,16,17,18,19). The van der Waals surface area contributed by atoms with E-state index in [1.54, 1.807) is 17.5 Å². The first-order valence-corrected chi connectivity index (χ1v) is 7.19. The molecular weight excluding hydrogens is 272 g/mol. The zero-order valence-corrected chi connectivity index (χ0v) is 12.2. The van der Waals surface area contributed by atoms with Crippen molar-refractivity contribution in [3.05, 3.63) is 28.6 Å². The minimum Gasteiger partial charge on any atom is -0.368 e. The Hall–Kier alpha value is -2.15. The Morgan fingerprint density at radius 3 is 3.00 bits per heavy atom. The maximum Gasteiger partial charge on any atom is 0.224 e. The topological polar surface area (TPSA) is 92.5 Å². The van der Waals surface area contributed by atoms with Crippen LogP contribution in [0.2, 0.25) is 0 Å². The van der Waals surface area contributed by atoms with Crippen molar-refractivity contribution in [3.8, 4) is 0 Å². The fourth-order valence-electron chi connectivity index (χ4n) is 2.04. The van der Waals surface area contributed by atoms with Crippen LogP contribution in [0.5, 0.6) is 0 Å². The predicted octanol–water partition coefficient (Wildman–Crippen LogP) is 2.39. The summed E-state index contributed by atoms with van der Waals surface area (Å²) in [6, 6.07) is 4.22. The van der Waals surface area contributed by atoms with E-state index in [0.29, 0.717) is 11.5 Å². The second kappa shape index (κ2) is 4.75. The van der Waals surface area contributed by atoms with Gasteiger partial charge in [-0.05, 0) is 11.4 Å². The van der Waals surface area contributed by atoms with Crippen LogP contribution < -0.4 is 11.1 Å². The lowest BCUT2D eigenvalue weighted by molar-refractivity contribution is 0.568. The van der Waals surface area contributed by atoms with Gasteiger partial charge in [-0.3, -0.25) is 5.10 Å². The van der Waals surface area contributed by atoms with Gasteiger partial charge in [-0.15, -0.1) is 11.3 Å². The summed E-state index contributed by atoms with van der Waals surface area (Å²) in [5.74, 6) is 0.948. The first kappa shape index (κ1) is 12.9. The Balaban J connectivity index is 1.85. The molecule has 0 spiro atoms. The van der Waals surface area contributed by atoms with Crippen LogP contribution in [0.4, 0.5) is 11.8 Å². The number of aromatic nitrogens is 4. The van der Waals surface area contributed by atoms with Crippen LogP contribution in [0, 0.1) is 0 Å².